The number of carbonyl (C=O) groups is 1. The molecular formula is C12H19N3O4S. The van der Waals surface area contributed by atoms with Gasteiger partial charge in [0.15, 0.2) is 0 Å². The number of sulfonamides is 1. The van der Waals surface area contributed by atoms with Crippen molar-refractivity contribution < 1.29 is 17.9 Å². The summed E-state index contributed by atoms with van der Waals surface area (Å²) in [4.78, 5) is 11.1. The van der Waals surface area contributed by atoms with Crippen molar-refractivity contribution in [1.82, 2.24) is 0 Å². The molecule has 1 aromatic carbocycles. The van der Waals surface area contributed by atoms with Crippen LogP contribution < -0.4 is 16.2 Å². The first kappa shape index (κ1) is 16.3. The highest BCUT2D eigenvalue weighted by Gasteiger charge is 2.10. The van der Waals surface area contributed by atoms with Gasteiger partial charge >= 0.3 is 5.97 Å². The number of nitrogens with two attached hydrogens (primary N) is 2. The maximum absolute atomic E-state index is 11.3. The van der Waals surface area contributed by atoms with Gasteiger partial charge in [0.25, 0.3) is 0 Å². The fourth-order valence-electron chi connectivity index (χ4n) is 1.59. The van der Waals surface area contributed by atoms with Gasteiger partial charge in [0.05, 0.1) is 11.5 Å². The molecule has 0 aliphatic carbocycles. The highest BCUT2D eigenvalue weighted by molar-refractivity contribution is 7.89. The predicted octanol–water partition coefficient (Wildman–Crippen LogP) is 0.671. The van der Waals surface area contributed by atoms with Gasteiger partial charge in [-0.25, -0.2) is 13.6 Å². The van der Waals surface area contributed by atoms with Gasteiger partial charge < -0.3 is 15.8 Å². The Bertz CT molecular complexity index is 572. The van der Waals surface area contributed by atoms with Crippen LogP contribution in [0.1, 0.15) is 19.8 Å². The smallest absolute Gasteiger partial charge is 0.305 e. The minimum atomic E-state index is -3.79. The van der Waals surface area contributed by atoms with Crippen molar-refractivity contribution in [2.45, 2.75) is 24.7 Å². The lowest BCUT2D eigenvalue weighted by Gasteiger charge is -2.09. The van der Waals surface area contributed by atoms with E-state index in [0.717, 1.165) is 0 Å². The molecule has 0 heterocycles. The van der Waals surface area contributed by atoms with Crippen LogP contribution in [0.15, 0.2) is 23.1 Å². The lowest BCUT2D eigenvalue weighted by atomic mass is 10.2. The minimum Gasteiger partial charge on any atom is -0.466 e. The van der Waals surface area contributed by atoms with Crippen LogP contribution in [0.3, 0.4) is 0 Å². The van der Waals surface area contributed by atoms with Gasteiger partial charge in [-0.05, 0) is 31.5 Å². The molecule has 0 atom stereocenters. The molecule has 0 aliphatic rings. The molecule has 0 unspecified atom stereocenters. The van der Waals surface area contributed by atoms with Crippen LogP contribution in [0.25, 0.3) is 0 Å². The van der Waals surface area contributed by atoms with Gasteiger partial charge in [0.1, 0.15) is 0 Å². The van der Waals surface area contributed by atoms with E-state index in [-0.39, 0.29) is 10.9 Å². The van der Waals surface area contributed by atoms with Crippen molar-refractivity contribution in [2.24, 2.45) is 5.14 Å². The van der Waals surface area contributed by atoms with Crippen molar-refractivity contribution in [3.63, 3.8) is 0 Å². The van der Waals surface area contributed by atoms with Crippen LogP contribution in [0.5, 0.6) is 0 Å². The van der Waals surface area contributed by atoms with Crippen LogP contribution in [0.2, 0.25) is 0 Å². The van der Waals surface area contributed by atoms with Gasteiger partial charge in [0, 0.05) is 24.3 Å². The van der Waals surface area contributed by atoms with Gasteiger partial charge in [-0.2, -0.15) is 0 Å². The Hall–Kier alpha value is -1.80. The summed E-state index contributed by atoms with van der Waals surface area (Å²) in [6, 6.07) is 4.29. The number of ether oxygens (including phenoxy) is 1. The van der Waals surface area contributed by atoms with Gasteiger partial charge in [-0.1, -0.05) is 0 Å². The fraction of sp³-hybridized carbons (Fsp3) is 0.417. The molecule has 8 heteroatoms. The number of esters is 1. The third-order valence-corrected chi connectivity index (χ3v) is 3.34. The Kier molecular flexibility index (Phi) is 5.78. The normalized spacial score (nSPS) is 11.1. The summed E-state index contributed by atoms with van der Waals surface area (Å²) in [5.74, 6) is -0.257. The summed E-state index contributed by atoms with van der Waals surface area (Å²) in [7, 11) is -3.79. The standard InChI is InChI=1S/C12H19N3O4S/c1-2-19-12(16)4-3-5-15-10-6-9(13)7-11(8-10)20(14,17)18/h6-8,15H,2-5,13H2,1H3,(H2,14,17,18). The second kappa shape index (κ2) is 7.11. The summed E-state index contributed by atoms with van der Waals surface area (Å²) in [6.45, 7) is 2.60. The number of hydrogen-bond acceptors (Lipinski definition) is 6. The molecule has 0 spiro atoms. The number of rotatable bonds is 7. The third-order valence-electron chi connectivity index (χ3n) is 2.45. The average molecular weight is 301 g/mol. The lowest BCUT2D eigenvalue weighted by Crippen LogP contribution is -2.13. The molecule has 0 saturated carbocycles. The van der Waals surface area contributed by atoms with Crippen LogP contribution in [0, 0.1) is 0 Å². The molecule has 1 rings (SSSR count). The second-order valence-corrected chi connectivity index (χ2v) is 5.73. The SMILES string of the molecule is CCOC(=O)CCCNc1cc(N)cc(S(N)(=O)=O)c1. The zero-order chi connectivity index (χ0) is 15.2. The van der Waals surface area contributed by atoms with Gasteiger partial charge in [-0.15, -0.1) is 0 Å². The lowest BCUT2D eigenvalue weighted by molar-refractivity contribution is -0.143. The Morgan fingerprint density at radius 1 is 1.35 bits per heavy atom. The van der Waals surface area contributed by atoms with Gasteiger partial charge in [0.2, 0.25) is 10.0 Å². The van der Waals surface area contributed by atoms with Crippen molar-refractivity contribution in [3.05, 3.63) is 18.2 Å². The van der Waals surface area contributed by atoms with E-state index < -0.39 is 10.0 Å². The van der Waals surface area contributed by atoms with Crippen molar-refractivity contribution >= 4 is 27.4 Å². The fourth-order valence-corrected chi connectivity index (χ4v) is 2.18. The number of hydrogen-bond donors (Lipinski definition) is 3. The molecule has 0 aliphatic heterocycles. The molecule has 112 valence electrons. The van der Waals surface area contributed by atoms with Crippen molar-refractivity contribution in [3.8, 4) is 0 Å². The monoisotopic (exact) mass is 301 g/mol. The quantitative estimate of drug-likeness (QED) is 0.386. The van der Waals surface area contributed by atoms with E-state index in [4.69, 9.17) is 15.6 Å². The predicted molar refractivity (Wildman–Crippen MR) is 76.6 cm³/mol. The number of benzene rings is 1. The average Bonchev–Trinajstić information content (AvgIpc) is 2.33. The van der Waals surface area contributed by atoms with E-state index >= 15 is 0 Å². The topological polar surface area (TPSA) is 125 Å². The maximum Gasteiger partial charge on any atom is 0.305 e. The minimum absolute atomic E-state index is 0.0506. The van der Waals surface area contributed by atoms with E-state index in [2.05, 4.69) is 5.32 Å². The molecule has 0 aromatic heterocycles. The van der Waals surface area contributed by atoms with Crippen LogP contribution in [-0.4, -0.2) is 27.5 Å². The van der Waals surface area contributed by atoms with E-state index in [0.29, 0.717) is 37.4 Å². The summed E-state index contributed by atoms with van der Waals surface area (Å²) < 4.78 is 27.3. The number of primary sulfonamides is 1. The zero-order valence-electron chi connectivity index (χ0n) is 11.3. The zero-order valence-corrected chi connectivity index (χ0v) is 12.1. The summed E-state index contributed by atoms with van der Waals surface area (Å²) in [5.41, 5.74) is 6.45. The largest absolute Gasteiger partial charge is 0.466 e. The molecule has 0 radical (unpaired) electrons. The molecular weight excluding hydrogens is 282 g/mol. The number of nitrogens with one attached hydrogen (secondary N) is 1. The molecule has 0 fully saturated rings. The summed E-state index contributed by atoms with van der Waals surface area (Å²) in [5, 5.41) is 8.04. The highest BCUT2D eigenvalue weighted by atomic mass is 32.2. The molecule has 5 N–H and O–H groups in total. The summed E-state index contributed by atoms with van der Waals surface area (Å²) >= 11 is 0. The number of nitrogen functional groups attached to an aromatic ring is 1. The molecule has 1 aromatic rings. The van der Waals surface area contributed by atoms with E-state index in [9.17, 15) is 13.2 Å². The van der Waals surface area contributed by atoms with Crippen LogP contribution >= 0.6 is 0 Å². The Morgan fingerprint density at radius 3 is 2.65 bits per heavy atom. The van der Waals surface area contributed by atoms with E-state index in [1.807, 2.05) is 0 Å². The second-order valence-electron chi connectivity index (χ2n) is 4.17. The Labute approximate surface area is 118 Å². The first-order chi connectivity index (χ1) is 9.32. The van der Waals surface area contributed by atoms with Crippen LogP contribution in [0.4, 0.5) is 11.4 Å². The Morgan fingerprint density at radius 2 is 2.05 bits per heavy atom. The molecule has 0 bridgehead atoms. The van der Waals surface area contributed by atoms with Crippen LogP contribution in [-0.2, 0) is 19.6 Å². The van der Waals surface area contributed by atoms with E-state index in [1.54, 1.807) is 13.0 Å². The van der Waals surface area contributed by atoms with Gasteiger partial charge in [-0.3, -0.25) is 4.79 Å². The summed E-state index contributed by atoms with van der Waals surface area (Å²) in [6.07, 6.45) is 0.865. The molecule has 20 heavy (non-hydrogen) atoms. The molecule has 0 saturated heterocycles. The molecule has 7 nitrogen and oxygen atoms in total. The van der Waals surface area contributed by atoms with E-state index in [1.165, 1.54) is 12.1 Å². The number of anilines is 2. The number of carbonyl (C=O) groups excluding carboxylic acids is 1. The van der Waals surface area contributed by atoms with Crippen molar-refractivity contribution in [1.29, 1.82) is 0 Å². The molecule has 0 amide bonds. The first-order valence-electron chi connectivity index (χ1n) is 6.16. The third kappa shape index (κ3) is 5.45. The first-order valence-corrected chi connectivity index (χ1v) is 7.70. The highest BCUT2D eigenvalue weighted by Crippen LogP contribution is 2.19. The maximum atomic E-state index is 11.3. The Balaban J connectivity index is 2.57. The van der Waals surface area contributed by atoms with Crippen molar-refractivity contribution in [2.75, 3.05) is 24.2 Å².